The summed E-state index contributed by atoms with van der Waals surface area (Å²) in [7, 11) is 0. The van der Waals surface area contributed by atoms with E-state index >= 15 is 0 Å². The molecule has 114 valence electrons. The Hall–Kier alpha value is -1.44. The minimum atomic E-state index is 0.165. The van der Waals surface area contributed by atoms with Crippen LogP contribution in [0.1, 0.15) is 62.3 Å². The Morgan fingerprint density at radius 3 is 1.65 bits per heavy atom. The maximum atomic E-state index is 10.8. The van der Waals surface area contributed by atoms with Gasteiger partial charge in [-0.3, -0.25) is 0 Å². The Morgan fingerprint density at radius 2 is 1.35 bits per heavy atom. The Kier molecular flexibility index (Phi) is 7.41. The Morgan fingerprint density at radius 1 is 0.850 bits per heavy atom. The molecule has 1 aliphatic rings. The molecule has 0 bridgehead atoms. The second kappa shape index (κ2) is 7.98. The predicted octanol–water partition coefficient (Wildman–Crippen LogP) is 4.64. The van der Waals surface area contributed by atoms with E-state index in [0.29, 0.717) is 0 Å². The normalized spacial score (nSPS) is 16.1. The molecule has 0 spiro atoms. The molecule has 0 atom stereocenters. The topological polar surface area (TPSA) is 32.3 Å². The monoisotopic (exact) mass is 277 g/mol. The molecule has 0 saturated carbocycles. The lowest BCUT2D eigenvalue weighted by Gasteiger charge is -2.19. The molecule has 0 aromatic heterocycles. The zero-order valence-corrected chi connectivity index (χ0v) is 14.5. The Bertz CT molecular complexity index is 428. The maximum absolute atomic E-state index is 10.8. The molecule has 0 fully saturated rings. The number of hydrogen-bond acceptors (Lipinski definition) is 2. The van der Waals surface area contributed by atoms with E-state index in [2.05, 4.69) is 20.8 Å². The molecule has 2 heteroatoms. The summed E-state index contributed by atoms with van der Waals surface area (Å²) in [5, 5.41) is 10.8. The number of rotatable bonds is 1. The van der Waals surface area contributed by atoms with Gasteiger partial charge in [0, 0.05) is 0 Å². The van der Waals surface area contributed by atoms with E-state index in [0.717, 1.165) is 23.5 Å². The van der Waals surface area contributed by atoms with Crippen LogP contribution in [-0.2, 0) is 4.74 Å². The van der Waals surface area contributed by atoms with Crippen molar-refractivity contribution in [1.82, 2.24) is 0 Å². The first-order chi connectivity index (χ1) is 9.09. The summed E-state index contributed by atoms with van der Waals surface area (Å²) < 4.78 is 5.39. The third-order valence-electron chi connectivity index (χ3n) is 4.08. The van der Waals surface area contributed by atoms with Gasteiger partial charge in [-0.25, -0.2) is 0 Å². The van der Waals surface area contributed by atoms with Crippen molar-refractivity contribution in [3.8, 4) is 0 Å². The molecule has 0 aromatic carbocycles. The van der Waals surface area contributed by atoms with Gasteiger partial charge < -0.3 is 9.84 Å². The van der Waals surface area contributed by atoms with Crippen molar-refractivity contribution in [3.05, 3.63) is 45.0 Å². The van der Waals surface area contributed by atoms with Crippen molar-refractivity contribution in [2.75, 3.05) is 6.61 Å². The van der Waals surface area contributed by atoms with Crippen molar-refractivity contribution in [1.29, 1.82) is 0 Å². The minimum absolute atomic E-state index is 0.165. The molecule has 0 N–H and O–H groups in total. The zero-order valence-electron chi connectivity index (χ0n) is 14.5. The predicted molar refractivity (Wildman–Crippen MR) is 85.1 cm³/mol. The third kappa shape index (κ3) is 5.28. The van der Waals surface area contributed by atoms with Crippen LogP contribution in [-0.4, -0.2) is 6.61 Å². The van der Waals surface area contributed by atoms with Crippen LogP contribution in [0, 0.1) is 0 Å². The summed E-state index contributed by atoms with van der Waals surface area (Å²) in [6.45, 7) is 18.6. The molecule has 0 saturated heterocycles. The second-order valence-electron chi connectivity index (χ2n) is 5.68. The highest BCUT2D eigenvalue weighted by Crippen LogP contribution is 2.23. The number of allylic oxidation sites excluding steroid dienone is 7. The highest BCUT2D eigenvalue weighted by Gasteiger charge is 2.09. The molecular formula is C18H29O2-. The first-order valence-electron chi connectivity index (χ1n) is 7.05. The lowest BCUT2D eigenvalue weighted by atomic mass is 10.0. The molecule has 20 heavy (non-hydrogen) atoms. The fourth-order valence-corrected chi connectivity index (χ4v) is 1.66. The van der Waals surface area contributed by atoms with Crippen LogP contribution in [0.25, 0.3) is 0 Å². The smallest absolute Gasteiger partial charge is 0.109 e. The van der Waals surface area contributed by atoms with Crippen LogP contribution in [0.5, 0.6) is 0 Å². The van der Waals surface area contributed by atoms with E-state index in [-0.39, 0.29) is 5.76 Å². The maximum Gasteiger partial charge on any atom is 0.109 e. The summed E-state index contributed by atoms with van der Waals surface area (Å²) in [6, 6.07) is 0. The second-order valence-corrected chi connectivity index (χ2v) is 5.68. The Balaban J connectivity index is 0.000000361. The van der Waals surface area contributed by atoms with Crippen LogP contribution in [0.3, 0.4) is 0 Å². The molecule has 0 unspecified atom stereocenters. The van der Waals surface area contributed by atoms with Gasteiger partial charge in [0.15, 0.2) is 0 Å². The van der Waals surface area contributed by atoms with Gasteiger partial charge in [0.1, 0.15) is 6.61 Å². The summed E-state index contributed by atoms with van der Waals surface area (Å²) >= 11 is 0. The quantitative estimate of drug-likeness (QED) is 0.516. The van der Waals surface area contributed by atoms with Gasteiger partial charge in [-0.2, -0.15) is 0 Å². The largest absolute Gasteiger partial charge is 0.875 e. The molecule has 0 amide bonds. The molecule has 0 aliphatic carbocycles. The van der Waals surface area contributed by atoms with Gasteiger partial charge in [0.2, 0.25) is 0 Å². The van der Waals surface area contributed by atoms with Crippen LogP contribution in [0.15, 0.2) is 45.0 Å². The number of hydrogen-bond donors (Lipinski definition) is 0. The van der Waals surface area contributed by atoms with E-state index in [4.69, 9.17) is 4.74 Å². The first kappa shape index (κ1) is 18.6. The average molecular weight is 277 g/mol. The van der Waals surface area contributed by atoms with Crippen LogP contribution in [0.2, 0.25) is 0 Å². The summed E-state index contributed by atoms with van der Waals surface area (Å²) in [5.74, 6) is 1.24. The van der Waals surface area contributed by atoms with Gasteiger partial charge in [0.05, 0.1) is 5.76 Å². The third-order valence-corrected chi connectivity index (χ3v) is 4.08. The molecule has 1 rings (SSSR count). The molecular weight excluding hydrogens is 248 g/mol. The lowest BCUT2D eigenvalue weighted by molar-refractivity contribution is -0.303. The van der Waals surface area contributed by atoms with Gasteiger partial charge >= 0.3 is 0 Å². The van der Waals surface area contributed by atoms with Gasteiger partial charge in [0.25, 0.3) is 0 Å². The van der Waals surface area contributed by atoms with Gasteiger partial charge in [-0.15, -0.1) is 5.76 Å². The van der Waals surface area contributed by atoms with Gasteiger partial charge in [-0.05, 0) is 72.1 Å². The zero-order chi connectivity index (χ0) is 16.0. The van der Waals surface area contributed by atoms with Crippen molar-refractivity contribution >= 4 is 0 Å². The Labute approximate surface area is 124 Å². The highest BCUT2D eigenvalue weighted by molar-refractivity contribution is 5.35. The van der Waals surface area contributed by atoms with E-state index < -0.39 is 0 Å². The molecule has 0 radical (unpaired) electrons. The van der Waals surface area contributed by atoms with E-state index in [1.54, 1.807) is 6.92 Å². The minimum Gasteiger partial charge on any atom is -0.875 e. The fourth-order valence-electron chi connectivity index (χ4n) is 1.66. The SMILES string of the molecule is CC(C)=C(C)/C(C)=C(/C)[O-].CC1=C(C)C(C)=C(C)OC1. The fraction of sp³-hybridized carbons (Fsp3) is 0.556. The standard InChI is InChI=1S/C9H14O.C9H16O/c1-6-5-10-9(4)8(3)7(6)2;1-6(2)7(3)8(4)9(5)10/h5H2,1-4H3;10H,1-5H3/p-1/b;9-8-. The summed E-state index contributed by atoms with van der Waals surface area (Å²) in [4.78, 5) is 0. The van der Waals surface area contributed by atoms with E-state index in [9.17, 15) is 5.11 Å². The number of ether oxygens (including phenoxy) is 1. The lowest BCUT2D eigenvalue weighted by Crippen LogP contribution is -2.05. The van der Waals surface area contributed by atoms with Crippen molar-refractivity contribution in [2.45, 2.75) is 62.3 Å². The van der Waals surface area contributed by atoms with Crippen molar-refractivity contribution in [2.24, 2.45) is 0 Å². The summed E-state index contributed by atoms with van der Waals surface area (Å²) in [5.41, 5.74) is 7.25. The molecule has 0 aromatic rings. The van der Waals surface area contributed by atoms with Gasteiger partial charge in [-0.1, -0.05) is 23.6 Å². The van der Waals surface area contributed by atoms with E-state index in [1.165, 1.54) is 22.3 Å². The average Bonchev–Trinajstić information content (AvgIpc) is 2.39. The molecule has 1 heterocycles. The highest BCUT2D eigenvalue weighted by atomic mass is 16.5. The van der Waals surface area contributed by atoms with Crippen LogP contribution >= 0.6 is 0 Å². The molecule has 2 nitrogen and oxygen atoms in total. The van der Waals surface area contributed by atoms with Crippen LogP contribution < -0.4 is 5.11 Å². The van der Waals surface area contributed by atoms with Crippen molar-refractivity contribution in [3.63, 3.8) is 0 Å². The van der Waals surface area contributed by atoms with Crippen molar-refractivity contribution < 1.29 is 9.84 Å². The van der Waals surface area contributed by atoms with Crippen LogP contribution in [0.4, 0.5) is 0 Å². The first-order valence-corrected chi connectivity index (χ1v) is 7.05. The van der Waals surface area contributed by atoms with E-state index in [1.807, 2.05) is 34.6 Å². The summed E-state index contributed by atoms with van der Waals surface area (Å²) in [6.07, 6.45) is 0. The molecule has 1 aliphatic heterocycles.